The molecule has 0 spiro atoms. The van der Waals surface area contributed by atoms with Crippen LogP contribution in [0, 0.1) is 0 Å². The molecule has 0 aliphatic carbocycles. The first-order chi connectivity index (χ1) is 15.7. The number of nitrogens with one attached hydrogen (secondary N) is 3. The van der Waals surface area contributed by atoms with Crippen LogP contribution in [-0.2, 0) is 19.4 Å². The van der Waals surface area contributed by atoms with E-state index in [1.165, 1.54) is 33.5 Å². The van der Waals surface area contributed by atoms with Crippen molar-refractivity contribution in [1.29, 1.82) is 0 Å². The highest BCUT2D eigenvalue weighted by molar-refractivity contribution is 7.17. The maximum absolute atomic E-state index is 13.1. The molecule has 1 amide bonds. The third kappa shape index (κ3) is 4.27. The fourth-order valence-corrected chi connectivity index (χ4v) is 5.24. The number of benzene rings is 1. The highest BCUT2D eigenvalue weighted by Crippen LogP contribution is 2.28. The zero-order valence-electron chi connectivity index (χ0n) is 18.2. The lowest BCUT2D eigenvalue weighted by atomic mass is 10.0. The van der Waals surface area contributed by atoms with Gasteiger partial charge in [0.2, 0.25) is 0 Å². The Bertz CT molecular complexity index is 1210. The second kappa shape index (κ2) is 9.16. The summed E-state index contributed by atoms with van der Waals surface area (Å²) in [5, 5.41) is 12.6. The van der Waals surface area contributed by atoms with E-state index in [1.54, 1.807) is 6.20 Å². The number of para-hydroxylation sites is 1. The summed E-state index contributed by atoms with van der Waals surface area (Å²) in [5.41, 5.74) is 4.79. The standard InChI is InChI=1S/C24H28N6OS/c1-2-3-6-18(11-16-12-25-21-8-5-4-7-19(16)21)28-23(31)22-14-26-24(32-22)30-10-9-20-17(15-30)13-27-29-20/h4-5,7-8,12-14,18,25H,2-3,6,9-11,15H2,1H3,(H,27,29)(H,28,31). The van der Waals surface area contributed by atoms with Crippen molar-refractivity contribution >= 4 is 33.3 Å². The Kier molecular flexibility index (Phi) is 5.94. The Labute approximate surface area is 191 Å². The van der Waals surface area contributed by atoms with Crippen LogP contribution in [0.25, 0.3) is 10.9 Å². The number of nitrogens with zero attached hydrogens (tertiary/aromatic N) is 3. The number of rotatable bonds is 8. The molecule has 1 unspecified atom stereocenters. The molecule has 166 valence electrons. The van der Waals surface area contributed by atoms with Gasteiger partial charge >= 0.3 is 0 Å². The number of aromatic nitrogens is 4. The topological polar surface area (TPSA) is 89.7 Å². The highest BCUT2D eigenvalue weighted by atomic mass is 32.1. The molecule has 0 radical (unpaired) electrons. The summed E-state index contributed by atoms with van der Waals surface area (Å²) >= 11 is 1.47. The van der Waals surface area contributed by atoms with E-state index in [9.17, 15) is 4.79 Å². The Morgan fingerprint density at radius 3 is 3.12 bits per heavy atom. The number of carbonyl (C=O) groups excluding carboxylic acids is 1. The van der Waals surface area contributed by atoms with Gasteiger partial charge in [0.15, 0.2) is 5.13 Å². The third-order valence-electron chi connectivity index (χ3n) is 6.17. The van der Waals surface area contributed by atoms with Gasteiger partial charge in [-0.1, -0.05) is 49.3 Å². The molecule has 1 aromatic carbocycles. The van der Waals surface area contributed by atoms with Crippen LogP contribution in [0.2, 0.25) is 0 Å². The van der Waals surface area contributed by atoms with E-state index in [0.717, 1.165) is 55.8 Å². The fraction of sp³-hybridized carbons (Fsp3) is 0.375. The van der Waals surface area contributed by atoms with Gasteiger partial charge < -0.3 is 15.2 Å². The molecule has 0 saturated heterocycles. The lowest BCUT2D eigenvalue weighted by molar-refractivity contribution is 0.0938. The molecular weight excluding hydrogens is 420 g/mol. The molecule has 5 rings (SSSR count). The van der Waals surface area contributed by atoms with Crippen molar-refractivity contribution in [1.82, 2.24) is 25.5 Å². The van der Waals surface area contributed by atoms with Crippen molar-refractivity contribution < 1.29 is 4.79 Å². The molecule has 1 aliphatic heterocycles. The maximum atomic E-state index is 13.1. The number of aromatic amines is 2. The van der Waals surface area contributed by atoms with Crippen LogP contribution < -0.4 is 10.2 Å². The average Bonchev–Trinajstić information content (AvgIpc) is 3.56. The van der Waals surface area contributed by atoms with Crippen LogP contribution >= 0.6 is 11.3 Å². The first-order valence-corrected chi connectivity index (χ1v) is 12.1. The summed E-state index contributed by atoms with van der Waals surface area (Å²) in [6.45, 7) is 3.84. The predicted octanol–water partition coefficient (Wildman–Crippen LogP) is 4.44. The van der Waals surface area contributed by atoms with Crippen molar-refractivity contribution in [3.05, 3.63) is 64.6 Å². The largest absolute Gasteiger partial charge is 0.361 e. The van der Waals surface area contributed by atoms with Crippen molar-refractivity contribution in [2.24, 2.45) is 0 Å². The Morgan fingerprint density at radius 2 is 2.22 bits per heavy atom. The van der Waals surface area contributed by atoms with Crippen molar-refractivity contribution in [2.45, 2.75) is 51.6 Å². The molecular formula is C24H28N6OS. The van der Waals surface area contributed by atoms with Crippen molar-refractivity contribution in [3.8, 4) is 0 Å². The summed E-state index contributed by atoms with van der Waals surface area (Å²) in [6.07, 6.45) is 10.5. The van der Waals surface area contributed by atoms with Crippen molar-refractivity contribution in [2.75, 3.05) is 11.4 Å². The number of carbonyl (C=O) groups is 1. The van der Waals surface area contributed by atoms with Gasteiger partial charge in [-0.3, -0.25) is 9.89 Å². The zero-order chi connectivity index (χ0) is 21.9. The molecule has 8 heteroatoms. The van der Waals surface area contributed by atoms with Crippen LogP contribution in [0.4, 0.5) is 5.13 Å². The SMILES string of the molecule is CCCCC(Cc1c[nH]c2ccccc12)NC(=O)c1cnc(N2CCc3[nH]ncc3C2)s1. The van der Waals surface area contributed by atoms with Gasteiger partial charge in [-0.05, 0) is 24.5 Å². The third-order valence-corrected chi connectivity index (χ3v) is 7.23. The number of anilines is 1. The Morgan fingerprint density at radius 1 is 1.31 bits per heavy atom. The summed E-state index contributed by atoms with van der Waals surface area (Å²) in [5.74, 6) is -0.0318. The van der Waals surface area contributed by atoms with E-state index in [2.05, 4.69) is 61.7 Å². The first kappa shape index (κ1) is 20.8. The normalized spacial score (nSPS) is 14.5. The monoisotopic (exact) mass is 448 g/mol. The van der Waals surface area contributed by atoms with E-state index in [-0.39, 0.29) is 11.9 Å². The van der Waals surface area contributed by atoms with Gasteiger partial charge in [0.05, 0.1) is 12.4 Å². The molecule has 7 nitrogen and oxygen atoms in total. The van der Waals surface area contributed by atoms with Gasteiger partial charge in [0.25, 0.3) is 5.91 Å². The Balaban J connectivity index is 1.27. The van der Waals surface area contributed by atoms with Gasteiger partial charge in [0.1, 0.15) is 4.88 Å². The number of amides is 1. The molecule has 0 bridgehead atoms. The van der Waals surface area contributed by atoms with E-state index >= 15 is 0 Å². The van der Waals surface area contributed by atoms with E-state index in [1.807, 2.05) is 12.3 Å². The smallest absolute Gasteiger partial charge is 0.263 e. The molecule has 1 atom stereocenters. The van der Waals surface area contributed by atoms with Crippen LogP contribution in [0.1, 0.15) is 52.7 Å². The first-order valence-electron chi connectivity index (χ1n) is 11.3. The van der Waals surface area contributed by atoms with Gasteiger partial charge in [0, 0.05) is 53.9 Å². The fourth-order valence-electron chi connectivity index (χ4n) is 4.40. The molecule has 0 fully saturated rings. The summed E-state index contributed by atoms with van der Waals surface area (Å²) in [4.78, 5) is 23.9. The van der Waals surface area contributed by atoms with Crippen molar-refractivity contribution in [3.63, 3.8) is 0 Å². The minimum absolute atomic E-state index is 0.0318. The summed E-state index contributed by atoms with van der Waals surface area (Å²) in [7, 11) is 0. The van der Waals surface area contributed by atoms with E-state index in [4.69, 9.17) is 0 Å². The molecule has 3 aromatic heterocycles. The number of thiazole rings is 1. The number of fused-ring (bicyclic) bond motifs is 2. The average molecular weight is 449 g/mol. The predicted molar refractivity (Wildman–Crippen MR) is 128 cm³/mol. The minimum Gasteiger partial charge on any atom is -0.361 e. The molecule has 0 saturated carbocycles. The lowest BCUT2D eigenvalue weighted by Gasteiger charge is -2.25. The maximum Gasteiger partial charge on any atom is 0.263 e. The summed E-state index contributed by atoms with van der Waals surface area (Å²) in [6, 6.07) is 8.42. The van der Waals surface area contributed by atoms with Crippen LogP contribution in [0.15, 0.2) is 42.9 Å². The Hall–Kier alpha value is -3.13. The molecule has 4 aromatic rings. The minimum atomic E-state index is -0.0318. The number of unbranched alkanes of at least 4 members (excludes halogenated alkanes) is 1. The van der Waals surface area contributed by atoms with Gasteiger partial charge in [-0.15, -0.1) is 0 Å². The molecule has 32 heavy (non-hydrogen) atoms. The molecule has 4 heterocycles. The zero-order valence-corrected chi connectivity index (χ0v) is 19.0. The number of hydrogen-bond donors (Lipinski definition) is 3. The van der Waals surface area contributed by atoms with Crippen LogP contribution in [0.5, 0.6) is 0 Å². The number of hydrogen-bond acceptors (Lipinski definition) is 5. The van der Waals surface area contributed by atoms with Crippen LogP contribution in [0.3, 0.4) is 0 Å². The van der Waals surface area contributed by atoms with Gasteiger partial charge in [-0.25, -0.2) is 4.98 Å². The summed E-state index contributed by atoms with van der Waals surface area (Å²) < 4.78 is 0. The van der Waals surface area contributed by atoms with E-state index in [0.29, 0.717) is 4.88 Å². The lowest BCUT2D eigenvalue weighted by Crippen LogP contribution is -2.36. The second-order valence-electron chi connectivity index (χ2n) is 8.43. The van der Waals surface area contributed by atoms with E-state index < -0.39 is 0 Å². The number of H-pyrrole nitrogens is 2. The molecule has 1 aliphatic rings. The highest BCUT2D eigenvalue weighted by Gasteiger charge is 2.23. The van der Waals surface area contributed by atoms with Gasteiger partial charge in [-0.2, -0.15) is 5.10 Å². The van der Waals surface area contributed by atoms with Crippen LogP contribution in [-0.4, -0.2) is 38.7 Å². The quantitative estimate of drug-likeness (QED) is 0.372. The second-order valence-corrected chi connectivity index (χ2v) is 9.44. The molecule has 3 N–H and O–H groups in total.